The van der Waals surface area contributed by atoms with Gasteiger partial charge >= 0.3 is 0 Å². The number of alkyl halides is 1. The van der Waals surface area contributed by atoms with Gasteiger partial charge in [0.05, 0.1) is 28.6 Å². The molecule has 0 saturated carbocycles. The molecule has 1 aromatic heterocycles. The summed E-state index contributed by atoms with van der Waals surface area (Å²) in [5, 5.41) is 0. The Balaban J connectivity index is 2.52. The molecular formula is C7H7I2N3. The predicted octanol–water partition coefficient (Wildman–Crippen LogP) is 2.41. The summed E-state index contributed by atoms with van der Waals surface area (Å²) in [5.74, 6) is 1.06. The molecule has 1 aliphatic rings. The Hall–Kier alpha value is 0.210. The molecule has 12 heavy (non-hydrogen) atoms. The van der Waals surface area contributed by atoms with E-state index >= 15 is 0 Å². The number of rotatable bonds is 0. The average Bonchev–Trinajstić information content (AvgIpc) is 2.33. The van der Waals surface area contributed by atoms with Crippen molar-refractivity contribution in [2.45, 2.75) is 4.17 Å². The molecule has 0 saturated heterocycles. The van der Waals surface area contributed by atoms with Gasteiger partial charge in [0, 0.05) is 13.2 Å². The van der Waals surface area contributed by atoms with E-state index < -0.39 is 0 Å². The van der Waals surface area contributed by atoms with Gasteiger partial charge in [0.1, 0.15) is 0 Å². The van der Waals surface area contributed by atoms with E-state index in [1.54, 1.807) is 0 Å². The Bertz CT molecular complexity index is 275. The van der Waals surface area contributed by atoms with Gasteiger partial charge in [0.25, 0.3) is 0 Å². The van der Waals surface area contributed by atoms with E-state index in [1.807, 2.05) is 12.3 Å². The molecule has 1 aromatic rings. The number of hydrogen-bond acceptors (Lipinski definition) is 3. The van der Waals surface area contributed by atoms with Crippen molar-refractivity contribution in [3.05, 3.63) is 18.3 Å². The van der Waals surface area contributed by atoms with Crippen LogP contribution in [-0.2, 0) is 0 Å². The van der Waals surface area contributed by atoms with E-state index in [-0.39, 0.29) is 0 Å². The first kappa shape index (κ1) is 8.79. The fourth-order valence-electron chi connectivity index (χ4n) is 1.19. The summed E-state index contributed by atoms with van der Waals surface area (Å²) in [5.41, 5.74) is 1.19. The highest BCUT2D eigenvalue weighted by Crippen LogP contribution is 2.40. The van der Waals surface area contributed by atoms with Gasteiger partial charge in [-0.25, -0.2) is 4.98 Å². The van der Waals surface area contributed by atoms with Crippen molar-refractivity contribution >= 4 is 57.0 Å². The van der Waals surface area contributed by atoms with Crippen LogP contribution in [0.2, 0.25) is 0 Å². The lowest BCUT2D eigenvalue weighted by Crippen LogP contribution is -2.29. The zero-order valence-electron chi connectivity index (χ0n) is 6.41. The fourth-order valence-corrected chi connectivity index (χ4v) is 2.51. The molecule has 3 nitrogen and oxygen atoms in total. The second-order valence-corrected chi connectivity index (χ2v) is 4.73. The van der Waals surface area contributed by atoms with E-state index in [0.717, 1.165) is 5.82 Å². The summed E-state index contributed by atoms with van der Waals surface area (Å²) in [6.45, 7) is 0. The Labute approximate surface area is 98.8 Å². The van der Waals surface area contributed by atoms with E-state index in [4.69, 9.17) is 0 Å². The standard InChI is InChI=1S/C7H7I2N3/c1-11-6-5(3-2-4-10-6)12(9)7(11)8/h2-4,7H,1H3. The molecule has 64 valence electrons. The highest BCUT2D eigenvalue weighted by Gasteiger charge is 2.30. The van der Waals surface area contributed by atoms with Crippen molar-refractivity contribution < 1.29 is 0 Å². The molecule has 5 heteroatoms. The highest BCUT2D eigenvalue weighted by atomic mass is 127. The summed E-state index contributed by atoms with van der Waals surface area (Å²) in [6, 6.07) is 4.05. The van der Waals surface area contributed by atoms with Gasteiger partial charge in [-0.2, -0.15) is 0 Å². The molecule has 1 unspecified atom stereocenters. The Morgan fingerprint density at radius 2 is 2.33 bits per heavy atom. The SMILES string of the molecule is CN1c2ncccc2N(I)C1I. The minimum atomic E-state index is 0.369. The molecule has 0 N–H and O–H groups in total. The van der Waals surface area contributed by atoms with Crippen molar-refractivity contribution in [1.29, 1.82) is 0 Å². The molecule has 0 spiro atoms. The lowest BCUT2D eigenvalue weighted by atomic mass is 10.4. The summed E-state index contributed by atoms with van der Waals surface area (Å²) in [4.78, 5) is 6.47. The van der Waals surface area contributed by atoms with Crippen molar-refractivity contribution in [3.8, 4) is 0 Å². The predicted molar refractivity (Wildman–Crippen MR) is 66.9 cm³/mol. The number of halogens is 2. The van der Waals surface area contributed by atoms with Crippen LogP contribution in [0, 0.1) is 0 Å². The number of hydrogen-bond donors (Lipinski definition) is 0. The molecule has 0 radical (unpaired) electrons. The van der Waals surface area contributed by atoms with Gasteiger partial charge in [0.15, 0.2) is 9.99 Å². The third-order valence-corrected chi connectivity index (χ3v) is 5.34. The van der Waals surface area contributed by atoms with Crippen LogP contribution < -0.4 is 8.01 Å². The van der Waals surface area contributed by atoms with E-state index in [9.17, 15) is 0 Å². The largest absolute Gasteiger partial charge is 0.329 e. The summed E-state index contributed by atoms with van der Waals surface area (Å²) in [7, 11) is 2.06. The third-order valence-electron chi connectivity index (χ3n) is 1.84. The second-order valence-electron chi connectivity index (χ2n) is 2.58. The third kappa shape index (κ3) is 1.17. The first-order valence-electron chi connectivity index (χ1n) is 3.49. The van der Waals surface area contributed by atoms with Crippen molar-refractivity contribution in [3.63, 3.8) is 0 Å². The van der Waals surface area contributed by atoms with Crippen molar-refractivity contribution in [1.82, 2.24) is 4.98 Å². The number of nitrogens with zero attached hydrogens (tertiary/aromatic N) is 3. The molecule has 0 fully saturated rings. The van der Waals surface area contributed by atoms with E-state index in [2.05, 4.69) is 71.6 Å². The van der Waals surface area contributed by atoms with Gasteiger partial charge < -0.3 is 4.90 Å². The lowest BCUT2D eigenvalue weighted by Gasteiger charge is -2.18. The monoisotopic (exact) mass is 387 g/mol. The number of anilines is 2. The van der Waals surface area contributed by atoms with Crippen LogP contribution in [0.4, 0.5) is 11.5 Å². The molecule has 0 bridgehead atoms. The van der Waals surface area contributed by atoms with Crippen LogP contribution in [0.5, 0.6) is 0 Å². The van der Waals surface area contributed by atoms with Crippen molar-refractivity contribution in [2.75, 3.05) is 15.1 Å². The topological polar surface area (TPSA) is 19.4 Å². The molecule has 1 atom stereocenters. The molecule has 1 aliphatic heterocycles. The molecule has 2 rings (SSSR count). The quantitative estimate of drug-likeness (QED) is 0.295. The Kier molecular flexibility index (Phi) is 2.32. The molecule has 0 aromatic carbocycles. The normalized spacial score (nSPS) is 21.4. The first-order chi connectivity index (χ1) is 5.72. The molecular weight excluding hydrogens is 380 g/mol. The molecule has 2 heterocycles. The van der Waals surface area contributed by atoms with Crippen LogP contribution in [0.25, 0.3) is 0 Å². The van der Waals surface area contributed by atoms with E-state index in [0.29, 0.717) is 4.17 Å². The molecule has 0 amide bonds. The van der Waals surface area contributed by atoms with Gasteiger partial charge in [-0.05, 0) is 34.7 Å². The van der Waals surface area contributed by atoms with Crippen LogP contribution >= 0.6 is 45.5 Å². The molecule has 0 aliphatic carbocycles. The smallest absolute Gasteiger partial charge is 0.164 e. The van der Waals surface area contributed by atoms with Crippen LogP contribution in [0.1, 0.15) is 0 Å². The van der Waals surface area contributed by atoms with Crippen molar-refractivity contribution in [2.24, 2.45) is 0 Å². The first-order valence-corrected chi connectivity index (χ1v) is 5.70. The van der Waals surface area contributed by atoms with Gasteiger partial charge in [-0.1, -0.05) is 0 Å². The maximum absolute atomic E-state index is 4.32. The second kappa shape index (κ2) is 3.17. The Morgan fingerprint density at radius 1 is 1.58 bits per heavy atom. The van der Waals surface area contributed by atoms with Gasteiger partial charge in [-0.3, -0.25) is 3.11 Å². The number of aromatic nitrogens is 1. The zero-order chi connectivity index (χ0) is 8.72. The lowest BCUT2D eigenvalue weighted by molar-refractivity contribution is 0.957. The maximum Gasteiger partial charge on any atom is 0.164 e. The summed E-state index contributed by atoms with van der Waals surface area (Å²) in [6.07, 6.45) is 1.83. The summed E-state index contributed by atoms with van der Waals surface area (Å²) < 4.78 is 2.55. The van der Waals surface area contributed by atoms with Crippen LogP contribution in [0.15, 0.2) is 18.3 Å². The highest BCUT2D eigenvalue weighted by molar-refractivity contribution is 14.1. The summed E-state index contributed by atoms with van der Waals surface area (Å²) >= 11 is 4.69. The Morgan fingerprint density at radius 3 is 3.00 bits per heavy atom. The van der Waals surface area contributed by atoms with E-state index in [1.165, 1.54) is 5.69 Å². The van der Waals surface area contributed by atoms with Gasteiger partial charge in [0.2, 0.25) is 0 Å². The number of fused-ring (bicyclic) bond motifs is 1. The maximum atomic E-state index is 4.32. The minimum Gasteiger partial charge on any atom is -0.329 e. The number of pyridine rings is 1. The minimum absolute atomic E-state index is 0.369. The van der Waals surface area contributed by atoms with Gasteiger partial charge in [-0.15, -0.1) is 0 Å². The average molecular weight is 387 g/mol. The fraction of sp³-hybridized carbons (Fsp3) is 0.286. The van der Waals surface area contributed by atoms with Crippen LogP contribution in [0.3, 0.4) is 0 Å². The van der Waals surface area contributed by atoms with Crippen LogP contribution in [-0.4, -0.2) is 16.2 Å². The zero-order valence-corrected chi connectivity index (χ0v) is 10.7.